The maximum absolute atomic E-state index is 4.41. The van der Waals surface area contributed by atoms with Crippen molar-refractivity contribution in [2.45, 2.75) is 13.0 Å². The van der Waals surface area contributed by atoms with Gasteiger partial charge in [-0.1, -0.05) is 24.3 Å². The Hall–Kier alpha value is -2.36. The number of nitrogens with zero attached hydrogens (tertiary/aromatic N) is 3. The number of rotatable bonds is 5. The highest BCUT2D eigenvalue weighted by Crippen LogP contribution is 2.20. The van der Waals surface area contributed by atoms with Crippen molar-refractivity contribution in [2.24, 2.45) is 0 Å². The second-order valence-corrected chi connectivity index (χ2v) is 4.43. The summed E-state index contributed by atoms with van der Waals surface area (Å²) in [6, 6.07) is 12.3. The Morgan fingerprint density at radius 3 is 2.89 bits per heavy atom. The highest BCUT2D eigenvalue weighted by Gasteiger charge is 2.00. The predicted molar refractivity (Wildman–Crippen MR) is 77.1 cm³/mol. The fourth-order valence-corrected chi connectivity index (χ4v) is 2.14. The van der Waals surface area contributed by atoms with E-state index in [1.165, 1.54) is 10.8 Å². The number of aryl methyl sites for hydroxylation is 1. The fraction of sp³-hybridized carbons (Fsp3) is 0.200. The maximum Gasteiger partial charge on any atom is 0.133 e. The summed E-state index contributed by atoms with van der Waals surface area (Å²) in [4.78, 5) is 4.41. The Labute approximate surface area is 112 Å². The Kier molecular flexibility index (Phi) is 3.40. The summed E-state index contributed by atoms with van der Waals surface area (Å²) in [5.74, 6) is 0.957. The standard InChI is InChI=1S/C15H16N4/c1-2-6-14-13(5-1)7-10-17-15(14)16-8-3-11-19-12-4-9-18-19/h1-2,4-7,9-10,12H,3,8,11H2,(H,16,17). The van der Waals surface area contributed by atoms with E-state index in [4.69, 9.17) is 0 Å². The third-order valence-corrected chi connectivity index (χ3v) is 3.09. The van der Waals surface area contributed by atoms with Crippen molar-refractivity contribution in [1.82, 2.24) is 14.8 Å². The molecule has 1 aromatic carbocycles. The van der Waals surface area contributed by atoms with E-state index in [9.17, 15) is 0 Å². The van der Waals surface area contributed by atoms with Gasteiger partial charge in [0.25, 0.3) is 0 Å². The van der Waals surface area contributed by atoms with Crippen LogP contribution in [0.2, 0.25) is 0 Å². The molecule has 19 heavy (non-hydrogen) atoms. The molecule has 0 spiro atoms. The van der Waals surface area contributed by atoms with E-state index in [1.807, 2.05) is 41.3 Å². The Morgan fingerprint density at radius 2 is 2.00 bits per heavy atom. The molecule has 3 aromatic rings. The number of nitrogens with one attached hydrogen (secondary N) is 1. The molecule has 0 atom stereocenters. The lowest BCUT2D eigenvalue weighted by Crippen LogP contribution is -2.08. The van der Waals surface area contributed by atoms with E-state index in [-0.39, 0.29) is 0 Å². The zero-order chi connectivity index (χ0) is 12.9. The van der Waals surface area contributed by atoms with Gasteiger partial charge in [0.2, 0.25) is 0 Å². The molecule has 0 aliphatic heterocycles. The van der Waals surface area contributed by atoms with Gasteiger partial charge in [-0.3, -0.25) is 4.68 Å². The fourth-order valence-electron chi connectivity index (χ4n) is 2.14. The minimum Gasteiger partial charge on any atom is -0.369 e. The van der Waals surface area contributed by atoms with Gasteiger partial charge in [0.1, 0.15) is 5.82 Å². The first-order valence-corrected chi connectivity index (χ1v) is 6.48. The molecule has 3 rings (SSSR count). The molecule has 0 fully saturated rings. The summed E-state index contributed by atoms with van der Waals surface area (Å²) in [6.07, 6.45) is 6.65. The Balaban J connectivity index is 1.62. The van der Waals surface area contributed by atoms with Crippen molar-refractivity contribution >= 4 is 16.6 Å². The summed E-state index contributed by atoms with van der Waals surface area (Å²) in [6.45, 7) is 1.81. The van der Waals surface area contributed by atoms with E-state index < -0.39 is 0 Å². The highest BCUT2D eigenvalue weighted by atomic mass is 15.3. The van der Waals surface area contributed by atoms with Gasteiger partial charge < -0.3 is 5.32 Å². The van der Waals surface area contributed by atoms with Crippen LogP contribution in [0.5, 0.6) is 0 Å². The molecular weight excluding hydrogens is 236 g/mol. The molecule has 4 nitrogen and oxygen atoms in total. The number of hydrogen-bond donors (Lipinski definition) is 1. The van der Waals surface area contributed by atoms with Crippen LogP contribution in [0.25, 0.3) is 10.8 Å². The van der Waals surface area contributed by atoms with Crippen molar-refractivity contribution in [3.63, 3.8) is 0 Å². The van der Waals surface area contributed by atoms with E-state index in [1.54, 1.807) is 6.20 Å². The minimum absolute atomic E-state index is 0.890. The molecule has 2 heterocycles. The van der Waals surface area contributed by atoms with E-state index in [2.05, 4.69) is 27.5 Å². The molecular formula is C15H16N4. The number of aromatic nitrogens is 3. The molecule has 0 saturated heterocycles. The maximum atomic E-state index is 4.41. The molecule has 0 saturated carbocycles. The van der Waals surface area contributed by atoms with Crippen LogP contribution in [0.3, 0.4) is 0 Å². The molecule has 1 N–H and O–H groups in total. The SMILES string of the molecule is c1ccc2c(NCCCn3cccn3)nccc2c1. The van der Waals surface area contributed by atoms with E-state index in [0.29, 0.717) is 0 Å². The van der Waals surface area contributed by atoms with Crippen molar-refractivity contribution in [3.05, 3.63) is 55.0 Å². The van der Waals surface area contributed by atoms with Crippen LogP contribution in [-0.2, 0) is 6.54 Å². The number of pyridine rings is 1. The zero-order valence-corrected chi connectivity index (χ0v) is 10.7. The average molecular weight is 252 g/mol. The summed E-state index contributed by atoms with van der Waals surface area (Å²) in [5, 5.41) is 9.97. The third-order valence-electron chi connectivity index (χ3n) is 3.09. The average Bonchev–Trinajstić information content (AvgIpc) is 2.97. The topological polar surface area (TPSA) is 42.7 Å². The molecule has 0 aliphatic carbocycles. The highest BCUT2D eigenvalue weighted by molar-refractivity contribution is 5.91. The zero-order valence-electron chi connectivity index (χ0n) is 10.7. The predicted octanol–water partition coefficient (Wildman–Crippen LogP) is 2.93. The van der Waals surface area contributed by atoms with Gasteiger partial charge in [-0.25, -0.2) is 4.98 Å². The smallest absolute Gasteiger partial charge is 0.133 e. The second-order valence-electron chi connectivity index (χ2n) is 4.43. The molecule has 0 amide bonds. The van der Waals surface area contributed by atoms with Crippen LogP contribution in [-0.4, -0.2) is 21.3 Å². The van der Waals surface area contributed by atoms with Crippen molar-refractivity contribution in [2.75, 3.05) is 11.9 Å². The second kappa shape index (κ2) is 5.52. The van der Waals surface area contributed by atoms with Crippen LogP contribution < -0.4 is 5.32 Å². The van der Waals surface area contributed by atoms with Gasteiger partial charge in [0, 0.05) is 37.1 Å². The first-order chi connectivity index (χ1) is 9.43. The van der Waals surface area contributed by atoms with Gasteiger partial charge in [0.05, 0.1) is 0 Å². The van der Waals surface area contributed by atoms with Crippen LogP contribution in [0.15, 0.2) is 55.0 Å². The van der Waals surface area contributed by atoms with Crippen LogP contribution in [0.4, 0.5) is 5.82 Å². The first kappa shape index (κ1) is 11.7. The molecule has 96 valence electrons. The largest absolute Gasteiger partial charge is 0.369 e. The molecule has 4 heteroatoms. The lowest BCUT2D eigenvalue weighted by Gasteiger charge is -2.08. The molecule has 0 unspecified atom stereocenters. The summed E-state index contributed by atoms with van der Waals surface area (Å²) in [7, 11) is 0. The Morgan fingerprint density at radius 1 is 1.05 bits per heavy atom. The van der Waals surface area contributed by atoms with Gasteiger partial charge in [-0.2, -0.15) is 5.10 Å². The lowest BCUT2D eigenvalue weighted by molar-refractivity contribution is 0.591. The first-order valence-electron chi connectivity index (χ1n) is 6.48. The summed E-state index contributed by atoms with van der Waals surface area (Å²) >= 11 is 0. The van der Waals surface area contributed by atoms with Crippen molar-refractivity contribution in [3.8, 4) is 0 Å². The van der Waals surface area contributed by atoms with Crippen LogP contribution in [0, 0.1) is 0 Å². The summed E-state index contributed by atoms with van der Waals surface area (Å²) in [5.41, 5.74) is 0. The number of benzene rings is 1. The van der Waals surface area contributed by atoms with Crippen LogP contribution in [0.1, 0.15) is 6.42 Å². The van der Waals surface area contributed by atoms with E-state index >= 15 is 0 Å². The molecule has 0 radical (unpaired) electrons. The quantitative estimate of drug-likeness (QED) is 0.710. The lowest BCUT2D eigenvalue weighted by atomic mass is 10.1. The van der Waals surface area contributed by atoms with Crippen molar-refractivity contribution in [1.29, 1.82) is 0 Å². The van der Waals surface area contributed by atoms with Gasteiger partial charge >= 0.3 is 0 Å². The summed E-state index contributed by atoms with van der Waals surface area (Å²) < 4.78 is 1.94. The number of anilines is 1. The third kappa shape index (κ3) is 2.73. The van der Waals surface area contributed by atoms with Gasteiger partial charge in [-0.05, 0) is 23.9 Å². The molecule has 0 aliphatic rings. The monoisotopic (exact) mass is 252 g/mol. The Bertz CT molecular complexity index is 641. The minimum atomic E-state index is 0.890. The van der Waals surface area contributed by atoms with E-state index in [0.717, 1.165) is 25.3 Å². The van der Waals surface area contributed by atoms with Gasteiger partial charge in [0.15, 0.2) is 0 Å². The number of fused-ring (bicyclic) bond motifs is 1. The van der Waals surface area contributed by atoms with Gasteiger partial charge in [-0.15, -0.1) is 0 Å². The van der Waals surface area contributed by atoms with Crippen molar-refractivity contribution < 1.29 is 0 Å². The number of hydrogen-bond acceptors (Lipinski definition) is 3. The van der Waals surface area contributed by atoms with Crippen LogP contribution >= 0.6 is 0 Å². The molecule has 2 aromatic heterocycles. The molecule has 0 bridgehead atoms. The normalized spacial score (nSPS) is 10.7.